The van der Waals surface area contributed by atoms with Crippen LogP contribution in [0.25, 0.3) is 80.7 Å². The maximum absolute atomic E-state index is 7.30. The van der Waals surface area contributed by atoms with Gasteiger partial charge >= 0.3 is 6.85 Å². The van der Waals surface area contributed by atoms with Crippen LogP contribution in [0.2, 0.25) is 0 Å². The van der Waals surface area contributed by atoms with Gasteiger partial charge in [-0.05, 0) is 109 Å². The number of hydrogen-bond acceptors (Lipinski definition) is 3. The third-order valence-electron chi connectivity index (χ3n) is 14.4. The van der Waals surface area contributed by atoms with Gasteiger partial charge in [-0.3, -0.25) is 0 Å². The largest absolute Gasteiger partial charge is 0.455 e. The van der Waals surface area contributed by atoms with Crippen molar-refractivity contribution in [1.82, 2.24) is 4.57 Å². The summed E-state index contributed by atoms with van der Waals surface area (Å²) in [5.41, 5.74) is 18.6. The van der Waals surface area contributed by atoms with Gasteiger partial charge in [-0.2, -0.15) is 0 Å². The normalized spacial score (nSPS) is 14.3. The van der Waals surface area contributed by atoms with Crippen LogP contribution in [0.3, 0.4) is 0 Å². The Kier molecular flexibility index (Phi) is 7.70. The first-order valence-electron chi connectivity index (χ1n) is 22.8. The minimum absolute atomic E-state index is 0.0190. The van der Waals surface area contributed by atoms with Gasteiger partial charge in [0.25, 0.3) is 0 Å². The Morgan fingerprint density at radius 1 is 0.508 bits per heavy atom. The average molecular weight is 839 g/mol. The molecule has 0 aliphatic carbocycles. The minimum Gasteiger partial charge on any atom is -0.455 e. The van der Waals surface area contributed by atoms with Crippen LogP contribution in [0.15, 0.2) is 120 Å². The van der Waals surface area contributed by atoms with E-state index in [0.29, 0.717) is 0 Å². The zero-order valence-corrected chi connectivity index (χ0v) is 39.6. The lowest BCUT2D eigenvalue weighted by molar-refractivity contribution is 0.590. The van der Waals surface area contributed by atoms with Gasteiger partial charge in [-0.25, -0.2) is 0 Å². The summed E-state index contributed by atoms with van der Waals surface area (Å²) in [5.74, 6) is 0. The molecule has 0 spiro atoms. The van der Waals surface area contributed by atoms with Crippen LogP contribution < -0.4 is 15.7 Å². The summed E-state index contributed by atoms with van der Waals surface area (Å²) in [4.78, 5) is 2.69. The Labute approximate surface area is 375 Å². The topological polar surface area (TPSA) is 21.3 Å². The predicted octanol–water partition coefficient (Wildman–Crippen LogP) is 15.5. The molecule has 0 bridgehead atoms. The number of para-hydroxylation sites is 1. The van der Waals surface area contributed by atoms with E-state index in [1.807, 2.05) is 11.3 Å². The number of furan rings is 1. The minimum atomic E-state index is -0.126. The highest BCUT2D eigenvalue weighted by molar-refractivity contribution is 7.25. The smallest absolute Gasteiger partial charge is 0.333 e. The van der Waals surface area contributed by atoms with Crippen molar-refractivity contribution >= 4 is 104 Å². The van der Waals surface area contributed by atoms with Crippen LogP contribution in [-0.2, 0) is 21.7 Å². The quantitative estimate of drug-likeness (QED) is 0.154. The summed E-state index contributed by atoms with van der Waals surface area (Å²) >= 11 is 1.92. The molecule has 12 rings (SSSR count). The molecule has 312 valence electrons. The molecular formula is C58H55BN2OS. The molecular weight excluding hydrogens is 784 g/mol. The van der Waals surface area contributed by atoms with E-state index in [1.165, 1.54) is 114 Å². The van der Waals surface area contributed by atoms with Gasteiger partial charge in [0.1, 0.15) is 11.2 Å². The van der Waals surface area contributed by atoms with Gasteiger partial charge in [0.05, 0.1) is 11.0 Å². The Morgan fingerprint density at radius 3 is 1.84 bits per heavy atom. The fourth-order valence-electron chi connectivity index (χ4n) is 10.9. The third-order valence-corrected chi connectivity index (χ3v) is 15.5. The summed E-state index contributed by atoms with van der Waals surface area (Å²) in [7, 11) is 0. The lowest BCUT2D eigenvalue weighted by atomic mass is 9.43. The highest BCUT2D eigenvalue weighted by atomic mass is 32.1. The molecule has 5 heteroatoms. The third kappa shape index (κ3) is 5.45. The molecule has 2 aliphatic rings. The van der Waals surface area contributed by atoms with Gasteiger partial charge in [0.15, 0.2) is 0 Å². The first-order valence-corrected chi connectivity index (χ1v) is 23.6. The van der Waals surface area contributed by atoms with Crippen LogP contribution in [0.5, 0.6) is 0 Å². The van der Waals surface area contributed by atoms with Gasteiger partial charge in [0.2, 0.25) is 0 Å². The van der Waals surface area contributed by atoms with E-state index in [1.54, 1.807) is 0 Å². The highest BCUT2D eigenvalue weighted by Gasteiger charge is 2.46. The van der Waals surface area contributed by atoms with Crippen molar-refractivity contribution in [1.29, 1.82) is 0 Å². The molecule has 0 atom stereocenters. The number of nitrogens with zero attached hydrogens (tertiary/aromatic N) is 2. The van der Waals surface area contributed by atoms with Gasteiger partial charge in [-0.1, -0.05) is 144 Å². The number of hydrogen-bond donors (Lipinski definition) is 0. The second-order valence-corrected chi connectivity index (χ2v) is 23.7. The van der Waals surface area contributed by atoms with Crippen molar-refractivity contribution in [2.45, 2.75) is 105 Å². The van der Waals surface area contributed by atoms with Gasteiger partial charge in [0, 0.05) is 69.9 Å². The Hall–Kier alpha value is -5.78. The van der Waals surface area contributed by atoms with E-state index >= 15 is 0 Å². The average Bonchev–Trinajstić information content (AvgIpc) is 3.90. The maximum atomic E-state index is 7.30. The Morgan fingerprint density at radius 2 is 1.13 bits per heavy atom. The second-order valence-electron chi connectivity index (χ2n) is 22.7. The molecule has 5 heterocycles. The Balaban J connectivity index is 1.31. The molecule has 10 aromatic rings. The molecule has 0 N–H and O–H groups in total. The zero-order chi connectivity index (χ0) is 43.9. The first kappa shape index (κ1) is 38.9. The summed E-state index contributed by atoms with van der Waals surface area (Å²) in [6.45, 7) is 27.7. The van der Waals surface area contributed by atoms with E-state index in [2.05, 4.69) is 208 Å². The van der Waals surface area contributed by atoms with Crippen LogP contribution in [-0.4, -0.2) is 11.4 Å². The van der Waals surface area contributed by atoms with Crippen molar-refractivity contribution in [3.63, 3.8) is 0 Å². The van der Waals surface area contributed by atoms with E-state index in [4.69, 9.17) is 4.42 Å². The van der Waals surface area contributed by atoms with Gasteiger partial charge < -0.3 is 13.8 Å². The molecule has 3 aromatic heterocycles. The molecule has 0 fully saturated rings. The molecule has 2 aliphatic heterocycles. The standard InChI is InChI=1S/C58H55BN2OS/c1-55(2,3)32-17-22-36(23-18-32)61-45-30-39-37-24-19-35(58(10,11)12)29-47(37)63-48(39)31-41(45)51-52-53-49(50-38-15-13-14-16-46(38)62-54(50)51)40-27-33(56(4,5)6)20-25-43(40)60(53)44-26-21-34(57(7,8)9)28-42(44)59(52)61/h13-31H,1-12H3. The van der Waals surface area contributed by atoms with Crippen LogP contribution >= 0.6 is 11.3 Å². The van der Waals surface area contributed by atoms with Gasteiger partial charge in [-0.15, -0.1) is 11.3 Å². The molecule has 0 radical (unpaired) electrons. The number of fused-ring (bicyclic) bond motifs is 16. The molecule has 0 unspecified atom stereocenters. The second kappa shape index (κ2) is 12.5. The zero-order valence-electron chi connectivity index (χ0n) is 38.8. The Bertz CT molecular complexity index is 3610. The number of rotatable bonds is 1. The van der Waals surface area contributed by atoms with E-state index in [9.17, 15) is 0 Å². The number of anilines is 2. The fourth-order valence-corrected chi connectivity index (χ4v) is 12.0. The number of benzene rings is 7. The molecule has 0 saturated carbocycles. The fraction of sp³-hybridized carbons (Fsp3) is 0.276. The lowest BCUT2D eigenvalue weighted by Crippen LogP contribution is -2.60. The maximum Gasteiger partial charge on any atom is 0.333 e. The van der Waals surface area contributed by atoms with Crippen LogP contribution in [0, 0.1) is 0 Å². The molecule has 7 aromatic carbocycles. The predicted molar refractivity (Wildman–Crippen MR) is 275 cm³/mol. The molecule has 0 saturated heterocycles. The lowest BCUT2D eigenvalue weighted by Gasteiger charge is -2.42. The molecule has 0 amide bonds. The van der Waals surface area contributed by atoms with Crippen molar-refractivity contribution in [2.24, 2.45) is 0 Å². The van der Waals surface area contributed by atoms with Crippen molar-refractivity contribution in [3.05, 3.63) is 138 Å². The van der Waals surface area contributed by atoms with Crippen molar-refractivity contribution in [3.8, 4) is 16.8 Å². The number of thiophene rings is 1. The van der Waals surface area contributed by atoms with E-state index < -0.39 is 0 Å². The van der Waals surface area contributed by atoms with Crippen molar-refractivity contribution in [2.75, 3.05) is 4.81 Å². The summed E-state index contributed by atoms with van der Waals surface area (Å²) < 4.78 is 12.6. The molecule has 63 heavy (non-hydrogen) atoms. The monoisotopic (exact) mass is 838 g/mol. The summed E-state index contributed by atoms with van der Waals surface area (Å²) in [5, 5.41) is 7.57. The van der Waals surface area contributed by atoms with E-state index in [0.717, 1.165) is 11.2 Å². The first-order chi connectivity index (χ1) is 29.8. The summed E-state index contributed by atoms with van der Waals surface area (Å²) in [6.07, 6.45) is 0. The van der Waals surface area contributed by atoms with E-state index in [-0.39, 0.29) is 28.5 Å². The molecule has 3 nitrogen and oxygen atoms in total. The highest BCUT2D eigenvalue weighted by Crippen LogP contribution is 2.53. The number of aromatic nitrogens is 1. The summed E-state index contributed by atoms with van der Waals surface area (Å²) in [6, 6.07) is 44.9. The SMILES string of the molecule is CC(C)(C)c1ccc(N2B3c4cc(C(C)(C)C)ccc4-n4c5ccc(C(C)(C)C)cc5c5c6c(oc7ccccc76)c(c3c54)-c3cc4sc5cc(C(C)(C)C)ccc5c4cc32)cc1. The van der Waals surface area contributed by atoms with Crippen LogP contribution in [0.4, 0.5) is 11.4 Å². The van der Waals surface area contributed by atoms with Crippen LogP contribution in [0.1, 0.15) is 105 Å². The van der Waals surface area contributed by atoms with Crippen molar-refractivity contribution < 1.29 is 4.42 Å².